The lowest BCUT2D eigenvalue weighted by atomic mass is 10.1. The summed E-state index contributed by atoms with van der Waals surface area (Å²) in [6, 6.07) is 24.1. The zero-order chi connectivity index (χ0) is 27.4. The van der Waals surface area contributed by atoms with Crippen LogP contribution in [0.2, 0.25) is 0 Å². The van der Waals surface area contributed by atoms with Gasteiger partial charge in [0.15, 0.2) is 0 Å². The number of hydrazone groups is 1. The third-order valence-corrected chi connectivity index (χ3v) is 7.62. The summed E-state index contributed by atoms with van der Waals surface area (Å²) in [5.74, 6) is -0.498. The first-order chi connectivity index (χ1) is 18.1. The summed E-state index contributed by atoms with van der Waals surface area (Å²) in [6.45, 7) is 8.34. The molecule has 0 aliphatic rings. The standard InChI is InChI=1S/C30H32N4O3S/c1-21-12-11-13-22(2)29(21)34-23(3)18-26(24(34)4)19-31-32-30(35)27-16-9-10-17-28(27)33(38(5,36)37)20-25-14-7-6-8-15-25/h6-19H,20H2,1-5H3,(H,32,35)/b31-19+. The number of rotatable bonds is 8. The predicted octanol–water partition coefficient (Wildman–Crippen LogP) is 5.44. The van der Waals surface area contributed by atoms with E-state index in [0.29, 0.717) is 5.69 Å². The molecule has 8 heteroatoms. The van der Waals surface area contributed by atoms with E-state index in [-0.39, 0.29) is 12.1 Å². The quantitative estimate of drug-likeness (QED) is 0.244. The van der Waals surface area contributed by atoms with Crippen LogP contribution >= 0.6 is 0 Å². The van der Waals surface area contributed by atoms with Crippen LogP contribution in [0.3, 0.4) is 0 Å². The predicted molar refractivity (Wildman–Crippen MR) is 154 cm³/mol. The van der Waals surface area contributed by atoms with Crippen LogP contribution in [0.15, 0.2) is 84.0 Å². The molecule has 1 heterocycles. The Morgan fingerprint density at radius 2 is 1.55 bits per heavy atom. The third-order valence-electron chi connectivity index (χ3n) is 6.49. The van der Waals surface area contributed by atoms with E-state index in [1.807, 2.05) is 56.3 Å². The van der Waals surface area contributed by atoms with Crippen LogP contribution in [-0.4, -0.2) is 31.4 Å². The summed E-state index contributed by atoms with van der Waals surface area (Å²) in [5, 5.41) is 4.21. The summed E-state index contributed by atoms with van der Waals surface area (Å²) >= 11 is 0. The normalized spacial score (nSPS) is 11.6. The number of aromatic nitrogens is 1. The fourth-order valence-corrected chi connectivity index (χ4v) is 5.55. The highest BCUT2D eigenvalue weighted by Crippen LogP contribution is 2.26. The maximum atomic E-state index is 13.2. The molecule has 0 fully saturated rings. The van der Waals surface area contributed by atoms with Crippen molar-refractivity contribution in [2.45, 2.75) is 34.2 Å². The minimum Gasteiger partial charge on any atom is -0.317 e. The molecule has 0 unspecified atom stereocenters. The van der Waals surface area contributed by atoms with Crippen LogP contribution in [0.4, 0.5) is 5.69 Å². The van der Waals surface area contributed by atoms with Gasteiger partial charge in [0.05, 0.1) is 36.0 Å². The van der Waals surface area contributed by atoms with Crippen molar-refractivity contribution in [1.82, 2.24) is 9.99 Å². The summed E-state index contributed by atoms with van der Waals surface area (Å²) in [5.41, 5.74) is 10.3. The average Bonchev–Trinajstić information content (AvgIpc) is 3.15. The SMILES string of the molecule is Cc1cccc(C)c1-n1c(C)cc(/C=N/NC(=O)c2ccccc2N(Cc2ccccc2)S(C)(=O)=O)c1C. The maximum Gasteiger partial charge on any atom is 0.273 e. The minimum absolute atomic E-state index is 0.109. The Morgan fingerprint density at radius 1 is 0.921 bits per heavy atom. The van der Waals surface area contributed by atoms with Gasteiger partial charge in [0, 0.05) is 17.0 Å². The second-order valence-corrected chi connectivity index (χ2v) is 11.3. The summed E-state index contributed by atoms with van der Waals surface area (Å²) in [7, 11) is -3.66. The van der Waals surface area contributed by atoms with Gasteiger partial charge in [-0.2, -0.15) is 5.10 Å². The van der Waals surface area contributed by atoms with E-state index >= 15 is 0 Å². The Bertz CT molecular complexity index is 1590. The van der Waals surface area contributed by atoms with Crippen LogP contribution in [0.1, 0.15) is 44.0 Å². The number of nitrogens with zero attached hydrogens (tertiary/aromatic N) is 3. The van der Waals surface area contributed by atoms with Gasteiger partial charge >= 0.3 is 0 Å². The molecule has 0 spiro atoms. The number of hydrogen-bond acceptors (Lipinski definition) is 4. The number of sulfonamides is 1. The van der Waals surface area contributed by atoms with Crippen molar-refractivity contribution in [2.24, 2.45) is 5.10 Å². The molecular weight excluding hydrogens is 496 g/mol. The Morgan fingerprint density at radius 3 is 2.21 bits per heavy atom. The average molecular weight is 529 g/mol. The molecule has 0 aliphatic heterocycles. The summed E-state index contributed by atoms with van der Waals surface area (Å²) in [4.78, 5) is 13.2. The van der Waals surface area contributed by atoms with Crippen molar-refractivity contribution in [3.8, 4) is 5.69 Å². The molecule has 1 N–H and O–H groups in total. The number of aryl methyl sites for hydroxylation is 3. The molecule has 0 atom stereocenters. The van der Waals surface area contributed by atoms with E-state index in [2.05, 4.69) is 41.1 Å². The second kappa shape index (κ2) is 11.1. The van der Waals surface area contributed by atoms with Gasteiger partial charge in [-0.15, -0.1) is 0 Å². The van der Waals surface area contributed by atoms with E-state index in [9.17, 15) is 13.2 Å². The number of benzene rings is 3. The van der Waals surface area contributed by atoms with Gasteiger partial charge in [-0.25, -0.2) is 13.8 Å². The number of carbonyl (C=O) groups excluding carboxylic acids is 1. The zero-order valence-corrected chi connectivity index (χ0v) is 23.1. The zero-order valence-electron chi connectivity index (χ0n) is 22.3. The van der Waals surface area contributed by atoms with E-state index in [1.54, 1.807) is 30.5 Å². The molecule has 1 aromatic heterocycles. The maximum absolute atomic E-state index is 13.2. The number of anilines is 1. The van der Waals surface area contributed by atoms with Gasteiger partial charge in [-0.05, 0) is 62.6 Å². The highest BCUT2D eigenvalue weighted by Gasteiger charge is 2.23. The van der Waals surface area contributed by atoms with Crippen LogP contribution in [0.25, 0.3) is 5.69 Å². The molecule has 3 aromatic carbocycles. The lowest BCUT2D eigenvalue weighted by Crippen LogP contribution is -2.32. The molecule has 0 bridgehead atoms. The molecule has 7 nitrogen and oxygen atoms in total. The molecule has 4 aromatic rings. The Labute approximate surface area is 224 Å². The smallest absolute Gasteiger partial charge is 0.273 e. The monoisotopic (exact) mass is 528 g/mol. The van der Waals surface area contributed by atoms with Gasteiger partial charge in [-0.3, -0.25) is 9.10 Å². The number of nitrogens with one attached hydrogen (secondary N) is 1. The van der Waals surface area contributed by atoms with Crippen LogP contribution in [-0.2, 0) is 16.6 Å². The molecule has 196 valence electrons. The van der Waals surface area contributed by atoms with E-state index < -0.39 is 15.9 Å². The molecule has 4 rings (SSSR count). The van der Waals surface area contributed by atoms with Gasteiger partial charge in [0.25, 0.3) is 5.91 Å². The Hall–Kier alpha value is -4.17. The van der Waals surface area contributed by atoms with Gasteiger partial charge < -0.3 is 4.57 Å². The Balaban J connectivity index is 1.60. The van der Waals surface area contributed by atoms with Crippen molar-refractivity contribution in [2.75, 3.05) is 10.6 Å². The van der Waals surface area contributed by atoms with Gasteiger partial charge in [0.2, 0.25) is 10.0 Å². The summed E-state index contributed by atoms with van der Waals surface area (Å²) in [6.07, 6.45) is 2.75. The van der Waals surface area contributed by atoms with E-state index in [4.69, 9.17) is 0 Å². The molecule has 1 amide bonds. The summed E-state index contributed by atoms with van der Waals surface area (Å²) < 4.78 is 28.8. The number of para-hydroxylation sites is 2. The first kappa shape index (κ1) is 26.9. The molecule has 0 saturated carbocycles. The minimum atomic E-state index is -3.66. The molecular formula is C30H32N4O3S. The van der Waals surface area contributed by atoms with Crippen molar-refractivity contribution in [3.05, 3.63) is 118 Å². The Kier molecular flexibility index (Phi) is 7.83. The van der Waals surface area contributed by atoms with Crippen LogP contribution < -0.4 is 9.73 Å². The molecule has 0 aliphatic carbocycles. The second-order valence-electron chi connectivity index (χ2n) is 9.37. The lowest BCUT2D eigenvalue weighted by Gasteiger charge is -2.24. The molecule has 38 heavy (non-hydrogen) atoms. The first-order valence-corrected chi connectivity index (χ1v) is 14.1. The van der Waals surface area contributed by atoms with Crippen molar-refractivity contribution in [1.29, 1.82) is 0 Å². The van der Waals surface area contributed by atoms with E-state index in [0.717, 1.165) is 34.5 Å². The third kappa shape index (κ3) is 5.70. The van der Waals surface area contributed by atoms with E-state index in [1.165, 1.54) is 15.4 Å². The lowest BCUT2D eigenvalue weighted by molar-refractivity contribution is 0.0955. The molecule has 0 radical (unpaired) electrons. The van der Waals surface area contributed by atoms with Crippen LogP contribution in [0, 0.1) is 27.7 Å². The topological polar surface area (TPSA) is 83.8 Å². The fraction of sp³-hybridized carbons (Fsp3) is 0.200. The van der Waals surface area contributed by atoms with Crippen molar-refractivity contribution < 1.29 is 13.2 Å². The number of carbonyl (C=O) groups is 1. The highest BCUT2D eigenvalue weighted by atomic mass is 32.2. The number of amides is 1. The van der Waals surface area contributed by atoms with Crippen molar-refractivity contribution in [3.63, 3.8) is 0 Å². The molecule has 0 saturated heterocycles. The largest absolute Gasteiger partial charge is 0.317 e. The highest BCUT2D eigenvalue weighted by molar-refractivity contribution is 7.92. The first-order valence-electron chi connectivity index (χ1n) is 12.3. The number of hydrogen-bond donors (Lipinski definition) is 1. The van der Waals surface area contributed by atoms with Crippen LogP contribution in [0.5, 0.6) is 0 Å². The van der Waals surface area contributed by atoms with Crippen molar-refractivity contribution >= 4 is 27.8 Å². The fourth-order valence-electron chi connectivity index (χ4n) is 4.65. The van der Waals surface area contributed by atoms with Gasteiger partial charge in [-0.1, -0.05) is 60.7 Å². The van der Waals surface area contributed by atoms with Gasteiger partial charge in [0.1, 0.15) is 0 Å².